The van der Waals surface area contributed by atoms with Crippen LogP contribution < -0.4 is 4.74 Å². The number of rotatable bonds is 7. The first-order chi connectivity index (χ1) is 10.5. The van der Waals surface area contributed by atoms with Gasteiger partial charge in [0.2, 0.25) is 0 Å². The van der Waals surface area contributed by atoms with Crippen LogP contribution in [0.15, 0.2) is 24.3 Å². The second-order valence-electron chi connectivity index (χ2n) is 6.41. The second-order valence-corrected chi connectivity index (χ2v) is 6.41. The molecule has 0 heterocycles. The Balaban J connectivity index is 1.74. The Morgan fingerprint density at radius 1 is 1.00 bits per heavy atom. The lowest BCUT2D eigenvalue weighted by molar-refractivity contribution is -0.183. The van der Waals surface area contributed by atoms with Crippen LogP contribution in [0.4, 0.5) is 13.2 Å². The molecule has 0 saturated heterocycles. The first-order valence-electron chi connectivity index (χ1n) is 8.31. The molecular formula is C18H25F3O. The number of hydrogen-bond donors (Lipinski definition) is 0. The maximum Gasteiger partial charge on any atom is 0.397 e. The van der Waals surface area contributed by atoms with Crippen molar-refractivity contribution in [1.29, 1.82) is 0 Å². The third-order valence-corrected chi connectivity index (χ3v) is 4.59. The Kier molecular flexibility index (Phi) is 6.16. The third kappa shape index (κ3) is 5.54. The molecule has 1 aliphatic rings. The van der Waals surface area contributed by atoms with Crippen molar-refractivity contribution in [3.63, 3.8) is 0 Å². The van der Waals surface area contributed by atoms with Crippen molar-refractivity contribution in [2.45, 2.75) is 64.4 Å². The minimum atomic E-state index is -3.18. The fourth-order valence-corrected chi connectivity index (χ4v) is 3.32. The Bertz CT molecular complexity index is 436. The van der Waals surface area contributed by atoms with Crippen molar-refractivity contribution in [2.75, 3.05) is 0 Å². The van der Waals surface area contributed by atoms with Gasteiger partial charge in [0.25, 0.3) is 0 Å². The lowest BCUT2D eigenvalue weighted by Gasteiger charge is -2.29. The van der Waals surface area contributed by atoms with Gasteiger partial charge in [-0.2, -0.15) is 8.78 Å². The zero-order valence-corrected chi connectivity index (χ0v) is 13.2. The maximum atomic E-state index is 13.8. The highest BCUT2D eigenvalue weighted by molar-refractivity contribution is 5.22. The molecule has 1 fully saturated rings. The molecule has 4 heteroatoms. The van der Waals surface area contributed by atoms with Gasteiger partial charge in [-0.3, -0.25) is 0 Å². The molecule has 124 valence electrons. The summed E-state index contributed by atoms with van der Waals surface area (Å²) < 4.78 is 45.2. The Morgan fingerprint density at radius 2 is 1.55 bits per heavy atom. The number of benzene rings is 1. The first kappa shape index (κ1) is 17.2. The molecular weight excluding hydrogens is 289 g/mol. The highest BCUT2D eigenvalue weighted by Gasteiger charge is 2.33. The lowest BCUT2D eigenvalue weighted by Crippen LogP contribution is -2.26. The topological polar surface area (TPSA) is 9.23 Å². The monoisotopic (exact) mass is 314 g/mol. The summed E-state index contributed by atoms with van der Waals surface area (Å²) in [5.74, 6) is 0.727. The van der Waals surface area contributed by atoms with Crippen LogP contribution in [0.5, 0.6) is 5.75 Å². The van der Waals surface area contributed by atoms with E-state index in [1.165, 1.54) is 37.8 Å². The minimum Gasteiger partial charge on any atom is -0.433 e. The highest BCUT2D eigenvalue weighted by atomic mass is 19.3. The second kappa shape index (κ2) is 7.89. The lowest BCUT2D eigenvalue weighted by atomic mass is 9.78. The zero-order chi connectivity index (χ0) is 16.0. The minimum absolute atomic E-state index is 0.0121. The van der Waals surface area contributed by atoms with E-state index in [-0.39, 0.29) is 12.2 Å². The van der Waals surface area contributed by atoms with E-state index < -0.39 is 11.9 Å². The summed E-state index contributed by atoms with van der Waals surface area (Å²) >= 11 is 0. The van der Waals surface area contributed by atoms with Gasteiger partial charge in [0.05, 0.1) is 6.42 Å². The molecule has 0 unspecified atom stereocenters. The third-order valence-electron chi connectivity index (χ3n) is 4.59. The van der Waals surface area contributed by atoms with E-state index in [0.717, 1.165) is 30.9 Å². The molecule has 0 spiro atoms. The van der Waals surface area contributed by atoms with Crippen molar-refractivity contribution in [1.82, 2.24) is 0 Å². The molecule has 0 atom stereocenters. The summed E-state index contributed by atoms with van der Waals surface area (Å²) in [4.78, 5) is 0. The quantitative estimate of drug-likeness (QED) is 0.583. The van der Waals surface area contributed by atoms with Crippen molar-refractivity contribution in [3.8, 4) is 5.75 Å². The Labute approximate surface area is 130 Å². The van der Waals surface area contributed by atoms with Crippen LogP contribution in [0.3, 0.4) is 0 Å². The average Bonchev–Trinajstić information content (AvgIpc) is 2.49. The van der Waals surface area contributed by atoms with Crippen LogP contribution >= 0.6 is 0 Å². The number of hydrogen-bond acceptors (Lipinski definition) is 1. The molecule has 0 aliphatic heterocycles. The van der Waals surface area contributed by atoms with Gasteiger partial charge in [-0.05, 0) is 42.5 Å². The molecule has 0 amide bonds. The number of ether oxygens (including phenoxy) is 1. The van der Waals surface area contributed by atoms with E-state index in [4.69, 9.17) is 4.74 Å². The molecule has 0 bridgehead atoms. The van der Waals surface area contributed by atoms with Crippen LogP contribution in [0.1, 0.15) is 58.3 Å². The smallest absolute Gasteiger partial charge is 0.397 e. The van der Waals surface area contributed by atoms with E-state index in [1.807, 2.05) is 0 Å². The van der Waals surface area contributed by atoms with Gasteiger partial charge in [-0.15, -0.1) is 0 Å². The average molecular weight is 314 g/mol. The normalized spacial score (nSPS) is 22.5. The predicted molar refractivity (Wildman–Crippen MR) is 81.6 cm³/mol. The standard InChI is InChI=1S/C18H25F3O/c1-2-3-14-4-6-15(7-5-14)12-13-18(20,21)22-17-10-8-16(19)9-11-17/h8-11,14-15H,2-7,12-13H2,1H3. The fraction of sp³-hybridized carbons (Fsp3) is 0.667. The van der Waals surface area contributed by atoms with E-state index in [2.05, 4.69) is 6.92 Å². The van der Waals surface area contributed by atoms with Crippen LogP contribution in [0.2, 0.25) is 0 Å². The fourth-order valence-electron chi connectivity index (χ4n) is 3.32. The van der Waals surface area contributed by atoms with Gasteiger partial charge in [0, 0.05) is 0 Å². The van der Waals surface area contributed by atoms with Crippen LogP contribution in [0.25, 0.3) is 0 Å². The van der Waals surface area contributed by atoms with Gasteiger partial charge in [0.1, 0.15) is 11.6 Å². The van der Waals surface area contributed by atoms with Gasteiger partial charge in [0.15, 0.2) is 0 Å². The van der Waals surface area contributed by atoms with E-state index in [0.29, 0.717) is 12.3 Å². The summed E-state index contributed by atoms with van der Waals surface area (Å²) in [6.07, 6.45) is 3.95. The SMILES string of the molecule is CCCC1CCC(CCC(F)(F)Oc2ccc(F)cc2)CC1. The summed E-state index contributed by atoms with van der Waals surface area (Å²) in [7, 11) is 0. The molecule has 1 aliphatic carbocycles. The predicted octanol–water partition coefficient (Wildman–Crippen LogP) is 6.18. The summed E-state index contributed by atoms with van der Waals surface area (Å²) in [5.41, 5.74) is 0. The number of halogens is 3. The molecule has 1 aromatic carbocycles. The Hall–Kier alpha value is -1.19. The number of alkyl halides is 2. The largest absolute Gasteiger partial charge is 0.433 e. The molecule has 0 N–H and O–H groups in total. The van der Waals surface area contributed by atoms with Gasteiger partial charge in [-0.1, -0.05) is 45.4 Å². The highest BCUT2D eigenvalue weighted by Crippen LogP contribution is 2.36. The summed E-state index contributed by atoms with van der Waals surface area (Å²) in [6, 6.07) is 4.72. The van der Waals surface area contributed by atoms with Gasteiger partial charge >= 0.3 is 6.11 Å². The van der Waals surface area contributed by atoms with Crippen LogP contribution in [-0.2, 0) is 0 Å². The zero-order valence-electron chi connectivity index (χ0n) is 13.2. The van der Waals surface area contributed by atoms with Gasteiger partial charge < -0.3 is 4.74 Å². The molecule has 2 rings (SSSR count). The van der Waals surface area contributed by atoms with E-state index >= 15 is 0 Å². The molecule has 0 aromatic heterocycles. The van der Waals surface area contributed by atoms with Crippen molar-refractivity contribution in [3.05, 3.63) is 30.1 Å². The summed E-state index contributed by atoms with van der Waals surface area (Å²) in [5, 5.41) is 0. The van der Waals surface area contributed by atoms with Crippen LogP contribution in [-0.4, -0.2) is 6.11 Å². The molecule has 1 saturated carbocycles. The van der Waals surface area contributed by atoms with Gasteiger partial charge in [-0.25, -0.2) is 4.39 Å². The van der Waals surface area contributed by atoms with Crippen molar-refractivity contribution < 1.29 is 17.9 Å². The first-order valence-corrected chi connectivity index (χ1v) is 8.31. The maximum absolute atomic E-state index is 13.8. The van der Waals surface area contributed by atoms with Crippen LogP contribution in [0, 0.1) is 17.7 Å². The Morgan fingerprint density at radius 3 is 2.09 bits per heavy atom. The van der Waals surface area contributed by atoms with E-state index in [1.54, 1.807) is 0 Å². The molecule has 1 nitrogen and oxygen atoms in total. The summed E-state index contributed by atoms with van der Waals surface area (Å²) in [6.45, 7) is 2.19. The van der Waals surface area contributed by atoms with Crippen molar-refractivity contribution in [2.24, 2.45) is 11.8 Å². The molecule has 1 aromatic rings. The molecule has 22 heavy (non-hydrogen) atoms. The van der Waals surface area contributed by atoms with E-state index in [9.17, 15) is 13.2 Å². The van der Waals surface area contributed by atoms with Crippen molar-refractivity contribution >= 4 is 0 Å². The molecule has 0 radical (unpaired) electrons.